The van der Waals surface area contributed by atoms with Gasteiger partial charge in [-0.25, -0.2) is 22.3 Å². The third kappa shape index (κ3) is 3.73. The summed E-state index contributed by atoms with van der Waals surface area (Å²) in [7, 11) is -4.46. The van der Waals surface area contributed by atoms with E-state index in [1.54, 1.807) is 20.8 Å². The summed E-state index contributed by atoms with van der Waals surface area (Å²) in [6.45, 7) is 5.20. The second kappa shape index (κ2) is 5.45. The standard InChI is InChI=1S/C12H16F2N2O3S/c1-4-12(2,3)16-11(17)8-5-7(13)6-9(10(8)14)20(15,18)19/h5-6H,4H2,1-3H3,(H,16,17)(H2,15,18,19). The number of benzene rings is 1. The van der Waals surface area contributed by atoms with Gasteiger partial charge in [-0.1, -0.05) is 6.92 Å². The fourth-order valence-corrected chi connectivity index (χ4v) is 2.04. The minimum absolute atomic E-state index is 0.437. The molecule has 0 bridgehead atoms. The number of hydrogen-bond donors (Lipinski definition) is 2. The van der Waals surface area contributed by atoms with Crippen LogP contribution in [0.5, 0.6) is 0 Å². The van der Waals surface area contributed by atoms with Gasteiger partial charge in [0, 0.05) is 5.54 Å². The number of sulfonamides is 1. The zero-order valence-corrected chi connectivity index (χ0v) is 12.1. The molecule has 0 spiro atoms. The van der Waals surface area contributed by atoms with Crippen molar-refractivity contribution in [2.75, 3.05) is 0 Å². The van der Waals surface area contributed by atoms with Crippen LogP contribution in [0.4, 0.5) is 8.78 Å². The number of primary sulfonamides is 1. The Bertz CT molecular complexity index is 642. The fraction of sp³-hybridized carbons (Fsp3) is 0.417. The maximum Gasteiger partial charge on any atom is 0.254 e. The molecule has 1 aromatic carbocycles. The minimum Gasteiger partial charge on any atom is -0.347 e. The number of nitrogens with one attached hydrogen (secondary N) is 1. The Morgan fingerprint density at radius 2 is 1.90 bits per heavy atom. The summed E-state index contributed by atoms with van der Waals surface area (Å²) in [5.41, 5.74) is -1.34. The molecular formula is C12H16F2N2O3S. The van der Waals surface area contributed by atoms with Crippen molar-refractivity contribution < 1.29 is 22.0 Å². The Balaban J connectivity index is 3.33. The van der Waals surface area contributed by atoms with Gasteiger partial charge < -0.3 is 5.32 Å². The van der Waals surface area contributed by atoms with Crippen molar-refractivity contribution in [3.63, 3.8) is 0 Å². The summed E-state index contributed by atoms with van der Waals surface area (Å²) in [5, 5.41) is 7.27. The SMILES string of the molecule is CCC(C)(C)NC(=O)c1cc(F)cc(S(N)(=O)=O)c1F. The van der Waals surface area contributed by atoms with Gasteiger partial charge in [0.1, 0.15) is 10.7 Å². The highest BCUT2D eigenvalue weighted by molar-refractivity contribution is 7.89. The molecule has 0 radical (unpaired) electrons. The van der Waals surface area contributed by atoms with Crippen LogP contribution in [0.15, 0.2) is 17.0 Å². The first-order valence-electron chi connectivity index (χ1n) is 5.82. The lowest BCUT2D eigenvalue weighted by Crippen LogP contribution is -2.43. The average molecular weight is 306 g/mol. The smallest absolute Gasteiger partial charge is 0.254 e. The molecule has 8 heteroatoms. The van der Waals surface area contributed by atoms with E-state index >= 15 is 0 Å². The lowest BCUT2D eigenvalue weighted by molar-refractivity contribution is 0.0906. The van der Waals surface area contributed by atoms with Crippen molar-refractivity contribution in [1.82, 2.24) is 5.32 Å². The van der Waals surface area contributed by atoms with Gasteiger partial charge >= 0.3 is 0 Å². The zero-order chi connectivity index (χ0) is 15.7. The molecule has 1 rings (SSSR count). The molecule has 0 aliphatic rings. The Hall–Kier alpha value is -1.54. The maximum absolute atomic E-state index is 14.0. The Kier molecular flexibility index (Phi) is 4.50. The molecule has 0 fully saturated rings. The molecule has 1 aromatic rings. The Labute approximate surface area is 116 Å². The van der Waals surface area contributed by atoms with Crippen molar-refractivity contribution in [2.24, 2.45) is 5.14 Å². The van der Waals surface area contributed by atoms with Crippen LogP contribution in [0.1, 0.15) is 37.6 Å². The lowest BCUT2D eigenvalue weighted by atomic mass is 10.0. The molecule has 0 unspecified atom stereocenters. The zero-order valence-electron chi connectivity index (χ0n) is 11.3. The van der Waals surface area contributed by atoms with Gasteiger partial charge in [-0.2, -0.15) is 0 Å². The van der Waals surface area contributed by atoms with Gasteiger partial charge in [0.15, 0.2) is 5.82 Å². The normalized spacial score (nSPS) is 12.3. The van der Waals surface area contributed by atoms with Gasteiger partial charge in [0.25, 0.3) is 5.91 Å². The number of hydrogen-bond acceptors (Lipinski definition) is 3. The first-order chi connectivity index (χ1) is 8.98. The highest BCUT2D eigenvalue weighted by Gasteiger charge is 2.26. The molecule has 0 aromatic heterocycles. The summed E-state index contributed by atoms with van der Waals surface area (Å²) >= 11 is 0. The highest BCUT2D eigenvalue weighted by Crippen LogP contribution is 2.20. The van der Waals surface area contributed by atoms with Crippen LogP contribution in [-0.2, 0) is 10.0 Å². The third-order valence-corrected chi connectivity index (χ3v) is 3.80. The van der Waals surface area contributed by atoms with Gasteiger partial charge in [-0.05, 0) is 32.4 Å². The molecule has 0 aliphatic heterocycles. The van der Waals surface area contributed by atoms with E-state index in [0.29, 0.717) is 18.6 Å². The van der Waals surface area contributed by atoms with E-state index in [4.69, 9.17) is 5.14 Å². The van der Waals surface area contributed by atoms with Gasteiger partial charge in [-0.15, -0.1) is 0 Å². The van der Waals surface area contributed by atoms with Crippen LogP contribution in [-0.4, -0.2) is 19.9 Å². The monoisotopic (exact) mass is 306 g/mol. The Morgan fingerprint density at radius 1 is 1.35 bits per heavy atom. The minimum atomic E-state index is -4.46. The summed E-state index contributed by atoms with van der Waals surface area (Å²) in [4.78, 5) is 10.9. The molecule has 0 heterocycles. The lowest BCUT2D eigenvalue weighted by Gasteiger charge is -2.24. The number of amides is 1. The average Bonchev–Trinajstić information content (AvgIpc) is 2.29. The first-order valence-corrected chi connectivity index (χ1v) is 7.37. The van der Waals surface area contributed by atoms with E-state index in [1.807, 2.05) is 0 Å². The van der Waals surface area contributed by atoms with Crippen LogP contribution < -0.4 is 10.5 Å². The molecule has 0 saturated heterocycles. The number of carbonyl (C=O) groups excluding carboxylic acids is 1. The largest absolute Gasteiger partial charge is 0.347 e. The first kappa shape index (κ1) is 16.5. The summed E-state index contributed by atoms with van der Waals surface area (Å²) in [5.74, 6) is -3.33. The number of halogens is 2. The highest BCUT2D eigenvalue weighted by atomic mass is 32.2. The van der Waals surface area contributed by atoms with Gasteiger partial charge in [0.05, 0.1) is 5.56 Å². The third-order valence-electron chi connectivity index (χ3n) is 2.89. The van der Waals surface area contributed by atoms with Crippen LogP contribution in [0.25, 0.3) is 0 Å². The van der Waals surface area contributed by atoms with Crippen molar-refractivity contribution >= 4 is 15.9 Å². The molecule has 5 nitrogen and oxygen atoms in total. The van der Waals surface area contributed by atoms with Gasteiger partial charge in [0.2, 0.25) is 10.0 Å². The predicted molar refractivity (Wildman–Crippen MR) is 69.6 cm³/mol. The van der Waals surface area contributed by atoms with Crippen molar-refractivity contribution in [3.8, 4) is 0 Å². The predicted octanol–water partition coefficient (Wildman–Crippen LogP) is 1.53. The summed E-state index contributed by atoms with van der Waals surface area (Å²) in [6, 6.07) is 1.07. The van der Waals surface area contributed by atoms with Crippen molar-refractivity contribution in [1.29, 1.82) is 0 Å². The van der Waals surface area contributed by atoms with Gasteiger partial charge in [-0.3, -0.25) is 4.79 Å². The fourth-order valence-electron chi connectivity index (χ4n) is 1.40. The number of rotatable bonds is 4. The van der Waals surface area contributed by atoms with Crippen LogP contribution in [0.3, 0.4) is 0 Å². The molecule has 20 heavy (non-hydrogen) atoms. The van der Waals surface area contributed by atoms with E-state index in [1.165, 1.54) is 0 Å². The van der Waals surface area contributed by atoms with E-state index in [2.05, 4.69) is 5.32 Å². The second-order valence-electron chi connectivity index (χ2n) is 5.00. The summed E-state index contributed by atoms with van der Waals surface area (Å²) in [6.07, 6.45) is 0.553. The molecule has 3 N–H and O–H groups in total. The van der Waals surface area contributed by atoms with Crippen LogP contribution >= 0.6 is 0 Å². The van der Waals surface area contributed by atoms with E-state index in [0.717, 1.165) is 0 Å². The van der Waals surface area contributed by atoms with Crippen LogP contribution in [0.2, 0.25) is 0 Å². The maximum atomic E-state index is 14.0. The van der Waals surface area contributed by atoms with E-state index < -0.39 is 43.6 Å². The van der Waals surface area contributed by atoms with E-state index in [9.17, 15) is 22.0 Å². The molecule has 112 valence electrons. The molecule has 0 saturated carbocycles. The van der Waals surface area contributed by atoms with Crippen LogP contribution in [0, 0.1) is 11.6 Å². The van der Waals surface area contributed by atoms with Crippen molar-refractivity contribution in [3.05, 3.63) is 29.3 Å². The second-order valence-corrected chi connectivity index (χ2v) is 6.53. The summed E-state index contributed by atoms with van der Waals surface area (Å²) < 4.78 is 49.7. The molecule has 0 atom stereocenters. The molecule has 0 aliphatic carbocycles. The quantitative estimate of drug-likeness (QED) is 0.884. The van der Waals surface area contributed by atoms with Crippen molar-refractivity contribution in [2.45, 2.75) is 37.6 Å². The Morgan fingerprint density at radius 3 is 2.35 bits per heavy atom. The van der Waals surface area contributed by atoms with E-state index in [-0.39, 0.29) is 0 Å². The molecule has 1 amide bonds. The number of nitrogens with two attached hydrogens (primary N) is 1. The number of carbonyl (C=O) groups is 1. The molecular weight excluding hydrogens is 290 g/mol. The topological polar surface area (TPSA) is 89.3 Å².